The van der Waals surface area contributed by atoms with E-state index >= 15 is 0 Å². The minimum Gasteiger partial charge on any atom is -0.497 e. The van der Waals surface area contributed by atoms with Crippen molar-refractivity contribution in [2.24, 2.45) is 0 Å². The number of methoxy groups -OCH3 is 1. The van der Waals surface area contributed by atoms with Crippen LogP contribution in [0.5, 0.6) is 5.75 Å². The van der Waals surface area contributed by atoms with Gasteiger partial charge in [0.05, 0.1) is 33.3 Å². The second-order valence-corrected chi connectivity index (χ2v) is 5.74. The maximum Gasteiger partial charge on any atom is 0.123 e. The topological polar surface area (TPSA) is 16.9 Å². The Balaban J connectivity index is 1.56. The molecule has 0 radical (unpaired) electrons. The SMILES string of the molecule is COc1cccc(C[NH+]2CCN(c3ccc(F)cc3)CC2)c1. The molecular formula is C18H22FN2O+. The molecule has 0 spiro atoms. The first-order chi connectivity index (χ1) is 10.7. The average Bonchev–Trinajstić information content (AvgIpc) is 2.57. The highest BCUT2D eigenvalue weighted by Crippen LogP contribution is 2.15. The molecule has 0 atom stereocenters. The predicted molar refractivity (Wildman–Crippen MR) is 86.0 cm³/mol. The van der Waals surface area contributed by atoms with Crippen molar-refractivity contribution in [3.8, 4) is 5.75 Å². The predicted octanol–water partition coefficient (Wildman–Crippen LogP) is 1.74. The molecule has 4 heteroatoms. The van der Waals surface area contributed by atoms with Crippen LogP contribution in [0, 0.1) is 5.82 Å². The molecule has 0 aliphatic carbocycles. The lowest BCUT2D eigenvalue weighted by Gasteiger charge is -2.33. The molecule has 0 aromatic heterocycles. The smallest absolute Gasteiger partial charge is 0.123 e. The number of hydrogen-bond acceptors (Lipinski definition) is 2. The van der Waals surface area contributed by atoms with Gasteiger partial charge in [0, 0.05) is 11.3 Å². The van der Waals surface area contributed by atoms with Crippen LogP contribution in [0.3, 0.4) is 0 Å². The second kappa shape index (κ2) is 6.79. The largest absolute Gasteiger partial charge is 0.497 e. The van der Waals surface area contributed by atoms with Crippen LogP contribution < -0.4 is 14.5 Å². The summed E-state index contributed by atoms with van der Waals surface area (Å²) in [5.41, 5.74) is 2.42. The molecular weight excluding hydrogens is 279 g/mol. The van der Waals surface area contributed by atoms with E-state index in [1.165, 1.54) is 17.7 Å². The summed E-state index contributed by atoms with van der Waals surface area (Å²) in [5, 5.41) is 0. The Hall–Kier alpha value is -2.07. The van der Waals surface area contributed by atoms with Gasteiger partial charge in [-0.3, -0.25) is 0 Å². The highest BCUT2D eigenvalue weighted by molar-refractivity contribution is 5.46. The summed E-state index contributed by atoms with van der Waals surface area (Å²) in [6, 6.07) is 15.1. The third-order valence-corrected chi connectivity index (χ3v) is 4.25. The van der Waals surface area contributed by atoms with E-state index < -0.39 is 0 Å². The third kappa shape index (κ3) is 3.57. The van der Waals surface area contributed by atoms with Gasteiger partial charge in [-0.25, -0.2) is 4.39 Å². The Labute approximate surface area is 130 Å². The number of piperazine rings is 1. The first kappa shape index (κ1) is 14.9. The van der Waals surface area contributed by atoms with Crippen LogP contribution in [0.15, 0.2) is 48.5 Å². The molecule has 1 fully saturated rings. The number of ether oxygens (including phenoxy) is 1. The van der Waals surface area contributed by atoms with Crippen LogP contribution in [0.1, 0.15) is 5.56 Å². The normalized spacial score (nSPS) is 15.8. The van der Waals surface area contributed by atoms with Crippen molar-refractivity contribution < 1.29 is 14.0 Å². The van der Waals surface area contributed by atoms with E-state index in [4.69, 9.17) is 4.74 Å². The Bertz CT molecular complexity index is 607. The van der Waals surface area contributed by atoms with E-state index in [-0.39, 0.29) is 5.82 Å². The summed E-state index contributed by atoms with van der Waals surface area (Å²) in [4.78, 5) is 3.90. The highest BCUT2D eigenvalue weighted by Gasteiger charge is 2.20. The van der Waals surface area contributed by atoms with Gasteiger partial charge in [0.2, 0.25) is 0 Å². The van der Waals surface area contributed by atoms with Crippen molar-refractivity contribution in [3.63, 3.8) is 0 Å². The van der Waals surface area contributed by atoms with E-state index in [1.807, 2.05) is 24.3 Å². The number of hydrogen-bond donors (Lipinski definition) is 1. The molecule has 0 saturated carbocycles. The Kier molecular flexibility index (Phi) is 4.59. The summed E-state index contributed by atoms with van der Waals surface area (Å²) in [6.07, 6.45) is 0. The van der Waals surface area contributed by atoms with Gasteiger partial charge in [-0.15, -0.1) is 0 Å². The number of nitrogens with one attached hydrogen (secondary N) is 1. The molecule has 0 amide bonds. The molecule has 0 unspecified atom stereocenters. The van der Waals surface area contributed by atoms with Crippen LogP contribution in [0.4, 0.5) is 10.1 Å². The molecule has 1 N–H and O–H groups in total. The van der Waals surface area contributed by atoms with Crippen LogP contribution >= 0.6 is 0 Å². The fourth-order valence-corrected chi connectivity index (χ4v) is 2.98. The van der Waals surface area contributed by atoms with E-state index in [1.54, 1.807) is 12.0 Å². The molecule has 2 aromatic carbocycles. The van der Waals surface area contributed by atoms with Gasteiger partial charge in [-0.05, 0) is 36.4 Å². The fraction of sp³-hybridized carbons (Fsp3) is 0.333. The van der Waals surface area contributed by atoms with Crippen LogP contribution in [0.2, 0.25) is 0 Å². The van der Waals surface area contributed by atoms with Gasteiger partial charge in [-0.1, -0.05) is 12.1 Å². The first-order valence-corrected chi connectivity index (χ1v) is 7.71. The standard InChI is InChI=1S/C18H21FN2O/c1-22-18-4-2-3-15(13-18)14-20-9-11-21(12-10-20)17-7-5-16(19)6-8-17/h2-8,13H,9-12,14H2,1H3/p+1. The molecule has 1 aliphatic heterocycles. The summed E-state index contributed by atoms with van der Waals surface area (Å²) in [7, 11) is 1.70. The molecule has 1 aliphatic rings. The molecule has 2 aromatic rings. The number of nitrogens with zero attached hydrogens (tertiary/aromatic N) is 1. The van der Waals surface area contributed by atoms with E-state index in [0.717, 1.165) is 44.2 Å². The number of benzene rings is 2. The Morgan fingerprint density at radius 2 is 1.82 bits per heavy atom. The van der Waals surface area contributed by atoms with Crippen molar-refractivity contribution in [1.29, 1.82) is 0 Å². The van der Waals surface area contributed by atoms with Gasteiger partial charge in [0.1, 0.15) is 18.1 Å². The van der Waals surface area contributed by atoms with Crippen molar-refractivity contribution in [2.45, 2.75) is 6.54 Å². The Morgan fingerprint density at radius 1 is 1.09 bits per heavy atom. The molecule has 3 rings (SSSR count). The molecule has 116 valence electrons. The molecule has 1 saturated heterocycles. The van der Waals surface area contributed by atoms with Crippen molar-refractivity contribution in [1.82, 2.24) is 0 Å². The van der Waals surface area contributed by atoms with Gasteiger partial charge in [0.25, 0.3) is 0 Å². The van der Waals surface area contributed by atoms with E-state index in [9.17, 15) is 4.39 Å². The summed E-state index contributed by atoms with van der Waals surface area (Å²) >= 11 is 0. The van der Waals surface area contributed by atoms with Crippen molar-refractivity contribution >= 4 is 5.69 Å². The maximum atomic E-state index is 13.0. The molecule has 0 bridgehead atoms. The quantitative estimate of drug-likeness (QED) is 0.926. The van der Waals surface area contributed by atoms with E-state index in [0.29, 0.717) is 0 Å². The minimum atomic E-state index is -0.175. The number of quaternary nitrogens is 1. The third-order valence-electron chi connectivity index (χ3n) is 4.25. The maximum absolute atomic E-state index is 13.0. The average molecular weight is 301 g/mol. The van der Waals surface area contributed by atoms with Crippen LogP contribution in [-0.2, 0) is 6.54 Å². The zero-order valence-corrected chi connectivity index (χ0v) is 12.9. The lowest BCUT2D eigenvalue weighted by Crippen LogP contribution is -3.13. The van der Waals surface area contributed by atoms with Crippen molar-refractivity contribution in [3.05, 3.63) is 59.9 Å². The summed E-state index contributed by atoms with van der Waals surface area (Å²) in [6.45, 7) is 5.22. The van der Waals surface area contributed by atoms with Gasteiger partial charge >= 0.3 is 0 Å². The zero-order chi connectivity index (χ0) is 15.4. The zero-order valence-electron chi connectivity index (χ0n) is 12.9. The monoisotopic (exact) mass is 301 g/mol. The molecule has 22 heavy (non-hydrogen) atoms. The summed E-state index contributed by atoms with van der Waals surface area (Å²) in [5.74, 6) is 0.743. The van der Waals surface area contributed by atoms with Gasteiger partial charge < -0.3 is 14.5 Å². The number of halogens is 1. The fourth-order valence-electron chi connectivity index (χ4n) is 2.98. The van der Waals surface area contributed by atoms with Gasteiger partial charge in [-0.2, -0.15) is 0 Å². The lowest BCUT2D eigenvalue weighted by molar-refractivity contribution is -0.914. The second-order valence-electron chi connectivity index (χ2n) is 5.74. The lowest BCUT2D eigenvalue weighted by atomic mass is 10.1. The number of anilines is 1. The number of rotatable bonds is 4. The van der Waals surface area contributed by atoms with Crippen LogP contribution in [-0.4, -0.2) is 33.3 Å². The molecule has 3 nitrogen and oxygen atoms in total. The highest BCUT2D eigenvalue weighted by atomic mass is 19.1. The Morgan fingerprint density at radius 3 is 2.50 bits per heavy atom. The van der Waals surface area contributed by atoms with Crippen molar-refractivity contribution in [2.75, 3.05) is 38.2 Å². The van der Waals surface area contributed by atoms with E-state index in [2.05, 4.69) is 17.0 Å². The minimum absolute atomic E-state index is 0.175. The first-order valence-electron chi connectivity index (χ1n) is 7.71. The molecule has 1 heterocycles. The van der Waals surface area contributed by atoms with Crippen LogP contribution in [0.25, 0.3) is 0 Å². The van der Waals surface area contributed by atoms with Gasteiger partial charge in [0.15, 0.2) is 0 Å². The summed E-state index contributed by atoms with van der Waals surface area (Å²) < 4.78 is 18.3.